The van der Waals surface area contributed by atoms with E-state index >= 15 is 0 Å². The first-order valence-electron chi connectivity index (χ1n) is 7.32. The smallest absolute Gasteiger partial charge is 0.254 e. The fourth-order valence-electron chi connectivity index (χ4n) is 2.50. The second kappa shape index (κ2) is 6.79. The molecule has 2 N–H and O–H groups in total. The van der Waals surface area contributed by atoms with Crippen molar-refractivity contribution in [3.05, 3.63) is 51.9 Å². The zero-order valence-electron chi connectivity index (χ0n) is 12.1. The number of hydrogen-bond donors (Lipinski definition) is 2. The summed E-state index contributed by atoms with van der Waals surface area (Å²) >= 11 is 1.26. The van der Waals surface area contributed by atoms with E-state index in [9.17, 15) is 9.59 Å². The average molecular weight is 315 g/mol. The van der Waals surface area contributed by atoms with Crippen molar-refractivity contribution < 1.29 is 4.79 Å². The summed E-state index contributed by atoms with van der Waals surface area (Å²) in [7, 11) is 0. The van der Waals surface area contributed by atoms with Crippen molar-refractivity contribution in [3.8, 4) is 0 Å². The lowest BCUT2D eigenvalue weighted by Crippen LogP contribution is -2.22. The molecule has 0 spiro atoms. The van der Waals surface area contributed by atoms with Gasteiger partial charge >= 0.3 is 0 Å². The van der Waals surface area contributed by atoms with E-state index in [-0.39, 0.29) is 17.2 Å². The highest BCUT2D eigenvalue weighted by Crippen LogP contribution is 2.19. The minimum atomic E-state index is -0.114. The molecule has 1 aliphatic rings. The maximum Gasteiger partial charge on any atom is 0.254 e. The van der Waals surface area contributed by atoms with Crippen molar-refractivity contribution in [2.24, 2.45) is 0 Å². The molecule has 0 atom stereocenters. The molecule has 0 saturated carbocycles. The largest absolute Gasteiger partial charge is 0.325 e. The van der Waals surface area contributed by atoms with Gasteiger partial charge in [-0.25, -0.2) is 4.98 Å². The van der Waals surface area contributed by atoms with Crippen LogP contribution in [0, 0.1) is 0 Å². The number of fused-ring (bicyclic) bond motifs is 1. The summed E-state index contributed by atoms with van der Waals surface area (Å²) in [4.78, 5) is 31.2. The van der Waals surface area contributed by atoms with E-state index in [0.717, 1.165) is 42.6 Å². The highest BCUT2D eigenvalue weighted by molar-refractivity contribution is 7.99. The second-order valence-electron chi connectivity index (χ2n) is 5.21. The number of benzene rings is 1. The third-order valence-electron chi connectivity index (χ3n) is 3.57. The number of carbonyl (C=O) groups is 1. The molecule has 6 heteroatoms. The molecule has 0 fully saturated rings. The number of hydrogen-bond acceptors (Lipinski definition) is 4. The Morgan fingerprint density at radius 2 is 2.00 bits per heavy atom. The van der Waals surface area contributed by atoms with E-state index in [4.69, 9.17) is 0 Å². The average Bonchev–Trinajstić information content (AvgIpc) is 2.54. The van der Waals surface area contributed by atoms with Gasteiger partial charge in [0.15, 0.2) is 5.16 Å². The predicted molar refractivity (Wildman–Crippen MR) is 87.3 cm³/mol. The minimum Gasteiger partial charge on any atom is -0.325 e. The molecule has 1 amide bonds. The molecule has 1 aromatic heterocycles. The first kappa shape index (κ1) is 14.8. The van der Waals surface area contributed by atoms with Gasteiger partial charge in [0, 0.05) is 11.3 Å². The topological polar surface area (TPSA) is 74.8 Å². The summed E-state index contributed by atoms with van der Waals surface area (Å²) in [5.41, 5.74) is 2.40. The number of H-pyrrole nitrogens is 1. The van der Waals surface area contributed by atoms with E-state index in [2.05, 4.69) is 15.3 Å². The number of nitrogens with zero attached hydrogens (tertiary/aromatic N) is 1. The van der Waals surface area contributed by atoms with E-state index in [1.807, 2.05) is 30.3 Å². The molecule has 0 aliphatic heterocycles. The van der Waals surface area contributed by atoms with Crippen LogP contribution in [0.2, 0.25) is 0 Å². The maximum atomic E-state index is 12.0. The zero-order valence-corrected chi connectivity index (χ0v) is 12.9. The third kappa shape index (κ3) is 3.57. The Morgan fingerprint density at radius 1 is 1.23 bits per heavy atom. The van der Waals surface area contributed by atoms with Gasteiger partial charge in [-0.05, 0) is 37.8 Å². The molecule has 0 radical (unpaired) electrons. The Labute approximate surface area is 132 Å². The molecule has 0 bridgehead atoms. The second-order valence-corrected chi connectivity index (χ2v) is 6.17. The molecule has 1 aliphatic carbocycles. The van der Waals surface area contributed by atoms with Crippen LogP contribution < -0.4 is 10.9 Å². The van der Waals surface area contributed by atoms with Gasteiger partial charge in [0.25, 0.3) is 5.56 Å². The number of aromatic nitrogens is 2. The molecule has 22 heavy (non-hydrogen) atoms. The summed E-state index contributed by atoms with van der Waals surface area (Å²) < 4.78 is 0. The summed E-state index contributed by atoms with van der Waals surface area (Å²) in [6.07, 6.45) is 3.77. The molecule has 1 heterocycles. The first-order chi connectivity index (χ1) is 10.7. The minimum absolute atomic E-state index is 0.0596. The van der Waals surface area contributed by atoms with E-state index in [1.165, 1.54) is 11.8 Å². The van der Waals surface area contributed by atoms with Crippen LogP contribution in [0.5, 0.6) is 0 Å². The summed E-state index contributed by atoms with van der Waals surface area (Å²) in [5.74, 6) is 0.105. The van der Waals surface area contributed by atoms with Crippen molar-refractivity contribution in [2.45, 2.75) is 30.8 Å². The number of nitrogens with one attached hydrogen (secondary N) is 2. The SMILES string of the molecule is O=C(CSc1nc2c(c(=O)[nH]1)CCCC2)Nc1ccccc1. The van der Waals surface area contributed by atoms with Crippen molar-refractivity contribution >= 4 is 23.4 Å². The Hall–Kier alpha value is -2.08. The normalized spacial score (nSPS) is 13.5. The van der Waals surface area contributed by atoms with Gasteiger partial charge in [-0.3, -0.25) is 9.59 Å². The number of rotatable bonds is 4. The van der Waals surface area contributed by atoms with Crippen molar-refractivity contribution in [3.63, 3.8) is 0 Å². The number of para-hydroxylation sites is 1. The van der Waals surface area contributed by atoms with Gasteiger partial charge in [0.05, 0.1) is 11.4 Å². The van der Waals surface area contributed by atoms with Crippen LogP contribution in [0.3, 0.4) is 0 Å². The number of aryl methyl sites for hydroxylation is 1. The Kier molecular flexibility index (Phi) is 4.58. The number of aromatic amines is 1. The maximum absolute atomic E-state index is 12.0. The lowest BCUT2D eigenvalue weighted by molar-refractivity contribution is -0.113. The molecular weight excluding hydrogens is 298 g/mol. The zero-order chi connectivity index (χ0) is 15.4. The van der Waals surface area contributed by atoms with E-state index in [1.54, 1.807) is 0 Å². The molecule has 2 aromatic rings. The molecule has 3 rings (SSSR count). The monoisotopic (exact) mass is 315 g/mol. The lowest BCUT2D eigenvalue weighted by atomic mass is 9.97. The van der Waals surface area contributed by atoms with Crippen LogP contribution in [-0.4, -0.2) is 21.6 Å². The van der Waals surface area contributed by atoms with E-state index in [0.29, 0.717) is 5.16 Å². The van der Waals surface area contributed by atoms with Gasteiger partial charge in [-0.15, -0.1) is 0 Å². The van der Waals surface area contributed by atoms with Crippen LogP contribution in [0.15, 0.2) is 40.3 Å². The quantitative estimate of drug-likeness (QED) is 0.671. The highest BCUT2D eigenvalue weighted by atomic mass is 32.2. The van der Waals surface area contributed by atoms with Gasteiger partial charge in [0.2, 0.25) is 5.91 Å². The van der Waals surface area contributed by atoms with Crippen LogP contribution in [0.25, 0.3) is 0 Å². The summed E-state index contributed by atoms with van der Waals surface area (Å²) in [5, 5.41) is 3.33. The molecule has 1 aromatic carbocycles. The number of thioether (sulfide) groups is 1. The van der Waals surface area contributed by atoms with Gasteiger partial charge in [0.1, 0.15) is 0 Å². The standard InChI is InChI=1S/C16H17N3O2S/c20-14(17-11-6-2-1-3-7-11)10-22-16-18-13-9-5-4-8-12(13)15(21)19-16/h1-3,6-7H,4-5,8-10H2,(H,17,20)(H,18,19,21). The molecule has 5 nitrogen and oxygen atoms in total. The van der Waals surface area contributed by atoms with Crippen LogP contribution in [0.4, 0.5) is 5.69 Å². The highest BCUT2D eigenvalue weighted by Gasteiger charge is 2.16. The predicted octanol–water partition coefficient (Wildman–Crippen LogP) is 2.38. The van der Waals surface area contributed by atoms with Gasteiger partial charge in [-0.1, -0.05) is 30.0 Å². The van der Waals surface area contributed by atoms with Crippen molar-refractivity contribution in [1.29, 1.82) is 0 Å². The molecule has 114 valence electrons. The Morgan fingerprint density at radius 3 is 2.82 bits per heavy atom. The van der Waals surface area contributed by atoms with Crippen LogP contribution in [0.1, 0.15) is 24.1 Å². The van der Waals surface area contributed by atoms with Gasteiger partial charge in [-0.2, -0.15) is 0 Å². The number of amides is 1. The van der Waals surface area contributed by atoms with Crippen LogP contribution in [-0.2, 0) is 17.6 Å². The molecule has 0 unspecified atom stereocenters. The van der Waals surface area contributed by atoms with Crippen molar-refractivity contribution in [2.75, 3.05) is 11.1 Å². The summed E-state index contributed by atoms with van der Waals surface area (Å²) in [6, 6.07) is 9.30. The third-order valence-corrected chi connectivity index (χ3v) is 4.44. The van der Waals surface area contributed by atoms with E-state index < -0.39 is 0 Å². The molecule has 0 saturated heterocycles. The first-order valence-corrected chi connectivity index (χ1v) is 8.31. The van der Waals surface area contributed by atoms with Gasteiger partial charge < -0.3 is 10.3 Å². The fraction of sp³-hybridized carbons (Fsp3) is 0.312. The lowest BCUT2D eigenvalue weighted by Gasteiger charge is -2.14. The van der Waals surface area contributed by atoms with Crippen molar-refractivity contribution in [1.82, 2.24) is 9.97 Å². The summed E-state index contributed by atoms with van der Waals surface area (Å²) in [6.45, 7) is 0. The Balaban J connectivity index is 1.63. The fourth-order valence-corrected chi connectivity index (χ4v) is 3.18. The number of carbonyl (C=O) groups excluding carboxylic acids is 1. The Bertz CT molecular complexity index is 728. The van der Waals surface area contributed by atoms with Crippen LogP contribution >= 0.6 is 11.8 Å². The number of anilines is 1. The molecular formula is C16H17N3O2S.